The normalized spacial score (nSPS) is 15.1. The second kappa shape index (κ2) is 10.6. The highest BCUT2D eigenvalue weighted by atomic mass is 16.5. The standard InChI is InChI=1S/C25H27NO7/c1-30-20-13-16(7-9-19(20)27)12-18-6-5-11-26(25(18)29)23(28)10-8-17-14-21(31-2)24(33-4)22(15-17)32-3/h7-10,12-15,27H,5-6,11H2,1-4H3/b10-8+,18-12+. The predicted molar refractivity (Wildman–Crippen MR) is 124 cm³/mol. The number of piperidine rings is 1. The summed E-state index contributed by atoms with van der Waals surface area (Å²) in [5.41, 5.74) is 1.88. The number of hydrogen-bond donors (Lipinski definition) is 1. The lowest BCUT2D eigenvalue weighted by atomic mass is 10.0. The maximum Gasteiger partial charge on any atom is 0.256 e. The van der Waals surface area contributed by atoms with Gasteiger partial charge in [0.05, 0.1) is 28.4 Å². The number of ether oxygens (including phenoxy) is 4. The lowest BCUT2D eigenvalue weighted by Crippen LogP contribution is -2.40. The number of phenols is 1. The predicted octanol–water partition coefficient (Wildman–Crippen LogP) is 3.67. The molecule has 174 valence electrons. The molecular formula is C25H27NO7. The topological polar surface area (TPSA) is 94.5 Å². The van der Waals surface area contributed by atoms with E-state index in [0.717, 1.165) is 0 Å². The fourth-order valence-electron chi connectivity index (χ4n) is 3.59. The number of aromatic hydroxyl groups is 1. The van der Waals surface area contributed by atoms with Crippen molar-refractivity contribution in [3.05, 3.63) is 53.1 Å². The Morgan fingerprint density at radius 2 is 1.58 bits per heavy atom. The highest BCUT2D eigenvalue weighted by Crippen LogP contribution is 2.38. The fraction of sp³-hybridized carbons (Fsp3) is 0.280. The van der Waals surface area contributed by atoms with Gasteiger partial charge >= 0.3 is 0 Å². The Labute approximate surface area is 192 Å². The van der Waals surface area contributed by atoms with Crippen LogP contribution in [0.4, 0.5) is 0 Å². The summed E-state index contributed by atoms with van der Waals surface area (Å²) in [6.45, 7) is 0.341. The highest BCUT2D eigenvalue weighted by molar-refractivity contribution is 6.11. The van der Waals surface area contributed by atoms with E-state index in [1.54, 1.807) is 36.4 Å². The summed E-state index contributed by atoms with van der Waals surface area (Å²) in [5, 5.41) is 9.76. The minimum absolute atomic E-state index is 0.0170. The summed E-state index contributed by atoms with van der Waals surface area (Å²) in [7, 11) is 6.00. The number of phenolic OH excluding ortho intramolecular Hbond substituents is 1. The van der Waals surface area contributed by atoms with Crippen LogP contribution in [0.25, 0.3) is 12.2 Å². The molecule has 8 nitrogen and oxygen atoms in total. The largest absolute Gasteiger partial charge is 0.504 e. The molecule has 0 unspecified atom stereocenters. The van der Waals surface area contributed by atoms with Crippen LogP contribution in [0.5, 0.6) is 28.7 Å². The number of rotatable bonds is 7. The van der Waals surface area contributed by atoms with Crippen molar-refractivity contribution in [2.75, 3.05) is 35.0 Å². The second-order valence-electron chi connectivity index (χ2n) is 7.29. The molecule has 8 heteroatoms. The average molecular weight is 453 g/mol. The maximum absolute atomic E-state index is 13.0. The third kappa shape index (κ3) is 5.28. The second-order valence-corrected chi connectivity index (χ2v) is 7.29. The molecule has 33 heavy (non-hydrogen) atoms. The van der Waals surface area contributed by atoms with Crippen LogP contribution in [-0.4, -0.2) is 56.8 Å². The molecule has 1 aliphatic heterocycles. The summed E-state index contributed by atoms with van der Waals surface area (Å²) < 4.78 is 21.1. The van der Waals surface area contributed by atoms with Crippen LogP contribution >= 0.6 is 0 Å². The Balaban J connectivity index is 1.80. The summed E-state index contributed by atoms with van der Waals surface area (Å²) >= 11 is 0. The number of benzene rings is 2. The molecule has 3 rings (SSSR count). The monoisotopic (exact) mass is 453 g/mol. The zero-order chi connectivity index (χ0) is 24.0. The van der Waals surface area contributed by atoms with E-state index in [1.807, 2.05) is 0 Å². The van der Waals surface area contributed by atoms with Crippen LogP contribution in [0.2, 0.25) is 0 Å². The minimum Gasteiger partial charge on any atom is -0.504 e. The molecule has 0 aliphatic carbocycles. The van der Waals surface area contributed by atoms with Crippen LogP contribution in [0.15, 0.2) is 42.0 Å². The van der Waals surface area contributed by atoms with E-state index in [4.69, 9.17) is 18.9 Å². The number of carbonyl (C=O) groups is 2. The lowest BCUT2D eigenvalue weighted by molar-refractivity contribution is -0.140. The van der Waals surface area contributed by atoms with E-state index in [2.05, 4.69) is 0 Å². The zero-order valence-corrected chi connectivity index (χ0v) is 19.1. The zero-order valence-electron chi connectivity index (χ0n) is 19.1. The molecule has 0 atom stereocenters. The maximum atomic E-state index is 13.0. The third-order valence-corrected chi connectivity index (χ3v) is 5.26. The first-order chi connectivity index (χ1) is 15.9. The summed E-state index contributed by atoms with van der Waals surface area (Å²) in [5.74, 6) is 0.961. The van der Waals surface area contributed by atoms with E-state index in [1.165, 1.54) is 45.5 Å². The van der Waals surface area contributed by atoms with Crippen molar-refractivity contribution >= 4 is 24.0 Å². The van der Waals surface area contributed by atoms with Crippen LogP contribution in [0.1, 0.15) is 24.0 Å². The summed E-state index contributed by atoms with van der Waals surface area (Å²) in [6.07, 6.45) is 5.89. The number of hydrogen-bond acceptors (Lipinski definition) is 7. The van der Waals surface area contributed by atoms with Gasteiger partial charge in [-0.2, -0.15) is 0 Å². The van der Waals surface area contributed by atoms with Gasteiger partial charge in [0.15, 0.2) is 23.0 Å². The Morgan fingerprint density at radius 3 is 2.18 bits per heavy atom. The molecule has 0 saturated carbocycles. The molecule has 1 N–H and O–H groups in total. The van der Waals surface area contributed by atoms with Crippen molar-refractivity contribution < 1.29 is 33.6 Å². The Bertz CT molecular complexity index is 1080. The molecule has 0 spiro atoms. The number of imide groups is 1. The lowest BCUT2D eigenvalue weighted by Gasteiger charge is -2.25. The van der Waals surface area contributed by atoms with E-state index in [9.17, 15) is 14.7 Å². The first kappa shape index (κ1) is 23.7. The molecule has 2 amide bonds. The smallest absolute Gasteiger partial charge is 0.256 e. The van der Waals surface area contributed by atoms with Gasteiger partial charge in [0.1, 0.15) is 0 Å². The fourth-order valence-corrected chi connectivity index (χ4v) is 3.59. The SMILES string of the molecule is COc1cc(/C=C2\CCCN(C(=O)/C=C/c3cc(OC)c(OC)c(OC)c3)C2=O)ccc1O. The van der Waals surface area contributed by atoms with Gasteiger partial charge in [-0.3, -0.25) is 14.5 Å². The molecule has 1 heterocycles. The van der Waals surface area contributed by atoms with Gasteiger partial charge in [-0.25, -0.2) is 0 Å². The molecule has 0 aromatic heterocycles. The average Bonchev–Trinajstić information content (AvgIpc) is 2.84. The molecule has 1 aliphatic rings. The number of carbonyl (C=O) groups excluding carboxylic acids is 2. The third-order valence-electron chi connectivity index (χ3n) is 5.26. The van der Waals surface area contributed by atoms with Crippen LogP contribution in [0.3, 0.4) is 0 Å². The van der Waals surface area contributed by atoms with Gasteiger partial charge in [-0.05, 0) is 60.4 Å². The van der Waals surface area contributed by atoms with E-state index < -0.39 is 5.91 Å². The molecule has 2 aromatic carbocycles. The highest BCUT2D eigenvalue weighted by Gasteiger charge is 2.27. The Hall–Kier alpha value is -3.94. The van der Waals surface area contributed by atoms with Crippen molar-refractivity contribution in [1.82, 2.24) is 4.90 Å². The molecule has 1 saturated heterocycles. The van der Waals surface area contributed by atoms with Gasteiger partial charge in [0.25, 0.3) is 11.8 Å². The number of nitrogens with zero attached hydrogens (tertiary/aromatic N) is 1. The molecule has 1 fully saturated rings. The van der Waals surface area contributed by atoms with Gasteiger partial charge < -0.3 is 24.1 Å². The molecular weight excluding hydrogens is 426 g/mol. The molecule has 0 radical (unpaired) electrons. The van der Waals surface area contributed by atoms with Gasteiger partial charge in [0.2, 0.25) is 5.75 Å². The van der Waals surface area contributed by atoms with E-state index in [-0.39, 0.29) is 11.7 Å². The van der Waals surface area contributed by atoms with Crippen LogP contribution in [-0.2, 0) is 9.59 Å². The molecule has 2 aromatic rings. The summed E-state index contributed by atoms with van der Waals surface area (Å²) in [6, 6.07) is 8.25. The van der Waals surface area contributed by atoms with Crippen molar-refractivity contribution in [3.63, 3.8) is 0 Å². The van der Waals surface area contributed by atoms with Crippen molar-refractivity contribution in [3.8, 4) is 28.7 Å². The number of likely N-dealkylation sites (tertiary alicyclic amines) is 1. The number of amides is 2. The van der Waals surface area contributed by atoms with Gasteiger partial charge in [-0.1, -0.05) is 6.07 Å². The quantitative estimate of drug-likeness (QED) is 0.639. The Kier molecular flexibility index (Phi) is 7.61. The van der Waals surface area contributed by atoms with Crippen molar-refractivity contribution in [2.24, 2.45) is 0 Å². The van der Waals surface area contributed by atoms with Crippen LogP contribution < -0.4 is 18.9 Å². The first-order valence-electron chi connectivity index (χ1n) is 10.3. The minimum atomic E-state index is -0.414. The van der Waals surface area contributed by atoms with E-state index in [0.29, 0.717) is 59.1 Å². The molecule has 0 bridgehead atoms. The number of methoxy groups -OCH3 is 4. The van der Waals surface area contributed by atoms with Crippen molar-refractivity contribution in [1.29, 1.82) is 0 Å². The Morgan fingerprint density at radius 1 is 0.939 bits per heavy atom. The van der Waals surface area contributed by atoms with E-state index >= 15 is 0 Å². The summed E-state index contributed by atoms with van der Waals surface area (Å²) in [4.78, 5) is 27.0. The first-order valence-corrected chi connectivity index (χ1v) is 10.3. The van der Waals surface area contributed by atoms with Crippen molar-refractivity contribution in [2.45, 2.75) is 12.8 Å². The van der Waals surface area contributed by atoms with Gasteiger partial charge in [-0.15, -0.1) is 0 Å². The van der Waals surface area contributed by atoms with Gasteiger partial charge in [0, 0.05) is 18.2 Å². The van der Waals surface area contributed by atoms with Crippen LogP contribution in [0, 0.1) is 0 Å².